The number of nitrogens with zero attached hydrogens (tertiary/aromatic N) is 2. The number of amides is 1. The molecule has 0 atom stereocenters. The molecule has 102 valence electrons. The zero-order valence-corrected chi connectivity index (χ0v) is 11.8. The topological polar surface area (TPSA) is 54.9 Å². The maximum Gasteiger partial charge on any atom is 0.236 e. The molecule has 0 saturated heterocycles. The number of aromatic nitrogens is 2. The lowest BCUT2D eigenvalue weighted by molar-refractivity contribution is -0.118. The van der Waals surface area contributed by atoms with E-state index < -0.39 is 0 Å². The van der Waals surface area contributed by atoms with Gasteiger partial charge in [-0.05, 0) is 31.2 Å². The van der Waals surface area contributed by atoms with Crippen LogP contribution in [0, 0.1) is 0 Å². The van der Waals surface area contributed by atoms with Gasteiger partial charge in [0.05, 0.1) is 5.41 Å². The summed E-state index contributed by atoms with van der Waals surface area (Å²) in [6, 6.07) is 10.0. The maximum atomic E-state index is 12.5. The Morgan fingerprint density at radius 2 is 1.95 bits per heavy atom. The fourth-order valence-corrected chi connectivity index (χ4v) is 3.43. The van der Waals surface area contributed by atoms with Crippen LogP contribution < -0.4 is 5.32 Å². The quantitative estimate of drug-likeness (QED) is 0.939. The molecule has 20 heavy (non-hydrogen) atoms. The van der Waals surface area contributed by atoms with Gasteiger partial charge in [0.25, 0.3) is 0 Å². The predicted molar refractivity (Wildman–Crippen MR) is 77.9 cm³/mol. The van der Waals surface area contributed by atoms with Crippen molar-refractivity contribution in [1.29, 1.82) is 0 Å². The molecule has 0 radical (unpaired) electrons. The van der Waals surface area contributed by atoms with E-state index in [1.165, 1.54) is 24.2 Å². The van der Waals surface area contributed by atoms with Crippen molar-refractivity contribution in [1.82, 2.24) is 10.2 Å². The molecule has 2 aromatic rings. The smallest absolute Gasteiger partial charge is 0.236 e. The van der Waals surface area contributed by atoms with E-state index >= 15 is 0 Å². The molecule has 1 amide bonds. The van der Waals surface area contributed by atoms with Gasteiger partial charge < -0.3 is 0 Å². The number of carbonyl (C=O) groups is 1. The Labute approximate surface area is 121 Å². The Morgan fingerprint density at radius 1 is 1.20 bits per heavy atom. The molecule has 1 heterocycles. The number of anilines is 1. The van der Waals surface area contributed by atoms with E-state index in [0.717, 1.165) is 23.4 Å². The molecule has 1 N–H and O–H groups in total. The minimum absolute atomic E-state index is 0.0576. The first-order chi connectivity index (χ1) is 9.78. The van der Waals surface area contributed by atoms with E-state index in [9.17, 15) is 4.79 Å². The number of rotatable bonds is 4. The highest BCUT2D eigenvalue weighted by atomic mass is 32.1. The van der Waals surface area contributed by atoms with E-state index in [1.54, 1.807) is 0 Å². The number of hydrogen-bond acceptors (Lipinski definition) is 4. The molecule has 0 unspecified atom stereocenters. The van der Waals surface area contributed by atoms with E-state index in [4.69, 9.17) is 0 Å². The molecule has 0 spiro atoms. The van der Waals surface area contributed by atoms with Crippen LogP contribution in [0.5, 0.6) is 0 Å². The van der Waals surface area contributed by atoms with E-state index in [1.807, 2.05) is 30.3 Å². The maximum absolute atomic E-state index is 12.5. The van der Waals surface area contributed by atoms with Crippen LogP contribution in [0.3, 0.4) is 0 Å². The second-order valence-electron chi connectivity index (χ2n) is 5.62. The van der Waals surface area contributed by atoms with Crippen molar-refractivity contribution >= 4 is 22.4 Å². The molecule has 2 aliphatic carbocycles. The lowest BCUT2D eigenvalue weighted by Gasteiger charge is -2.13. The van der Waals surface area contributed by atoms with Gasteiger partial charge >= 0.3 is 0 Å². The third kappa shape index (κ3) is 2.02. The van der Waals surface area contributed by atoms with Crippen LogP contribution in [0.4, 0.5) is 5.13 Å². The van der Waals surface area contributed by atoms with E-state index in [0.29, 0.717) is 11.0 Å². The van der Waals surface area contributed by atoms with Gasteiger partial charge in [-0.15, -0.1) is 10.2 Å². The molecule has 2 saturated carbocycles. The van der Waals surface area contributed by atoms with Crippen molar-refractivity contribution in [3.05, 3.63) is 40.9 Å². The van der Waals surface area contributed by atoms with Crippen molar-refractivity contribution in [2.24, 2.45) is 0 Å². The summed E-state index contributed by atoms with van der Waals surface area (Å²) in [5.41, 5.74) is 0.761. The molecule has 5 heteroatoms. The van der Waals surface area contributed by atoms with Gasteiger partial charge in [0.1, 0.15) is 5.01 Å². The highest BCUT2D eigenvalue weighted by Gasteiger charge is 2.51. The molecule has 1 aromatic heterocycles. The van der Waals surface area contributed by atoms with Crippen molar-refractivity contribution in [2.75, 3.05) is 5.32 Å². The number of carbonyl (C=O) groups excluding carboxylic acids is 1. The second-order valence-corrected chi connectivity index (χ2v) is 6.63. The summed E-state index contributed by atoms with van der Waals surface area (Å²) in [6.45, 7) is 0. The van der Waals surface area contributed by atoms with Crippen molar-refractivity contribution < 1.29 is 4.79 Å². The Balaban J connectivity index is 1.52. The summed E-state index contributed by atoms with van der Waals surface area (Å²) < 4.78 is 0. The first kappa shape index (κ1) is 12.0. The van der Waals surface area contributed by atoms with Crippen LogP contribution in [-0.2, 0) is 10.2 Å². The summed E-state index contributed by atoms with van der Waals surface area (Å²) in [4.78, 5) is 12.5. The minimum Gasteiger partial charge on any atom is -0.300 e. The van der Waals surface area contributed by atoms with Crippen LogP contribution >= 0.6 is 11.3 Å². The molecule has 4 nitrogen and oxygen atoms in total. The van der Waals surface area contributed by atoms with Crippen LogP contribution in [0.25, 0.3) is 0 Å². The van der Waals surface area contributed by atoms with Crippen LogP contribution in [0.2, 0.25) is 0 Å². The molecule has 2 aliphatic rings. The van der Waals surface area contributed by atoms with Gasteiger partial charge in [-0.3, -0.25) is 10.1 Å². The fourth-order valence-electron chi connectivity index (χ4n) is 2.53. The lowest BCUT2D eigenvalue weighted by Crippen LogP contribution is -2.27. The largest absolute Gasteiger partial charge is 0.300 e. The van der Waals surface area contributed by atoms with Gasteiger partial charge in [0.2, 0.25) is 11.0 Å². The first-order valence-corrected chi connectivity index (χ1v) is 7.80. The fraction of sp³-hybridized carbons (Fsp3) is 0.400. The number of benzene rings is 1. The van der Waals surface area contributed by atoms with Crippen LogP contribution in [0.1, 0.15) is 42.2 Å². The van der Waals surface area contributed by atoms with Gasteiger partial charge in [-0.25, -0.2) is 0 Å². The monoisotopic (exact) mass is 285 g/mol. The molecule has 0 aliphatic heterocycles. The highest BCUT2D eigenvalue weighted by molar-refractivity contribution is 7.15. The molecular weight excluding hydrogens is 270 g/mol. The van der Waals surface area contributed by atoms with Crippen molar-refractivity contribution in [3.63, 3.8) is 0 Å². The molecule has 1 aromatic carbocycles. The average Bonchev–Trinajstić information content (AvgIpc) is 3.39. The Morgan fingerprint density at radius 3 is 2.60 bits per heavy atom. The summed E-state index contributed by atoms with van der Waals surface area (Å²) in [5.74, 6) is 0.643. The predicted octanol–water partition coefficient (Wildman–Crippen LogP) is 3.09. The molecular formula is C15H15N3OS. The summed E-state index contributed by atoms with van der Waals surface area (Å²) >= 11 is 1.52. The number of nitrogens with one attached hydrogen (secondary N) is 1. The SMILES string of the molecule is O=C(Nc1nnc(C2CC2)s1)C1(c2ccccc2)CC1. The van der Waals surface area contributed by atoms with Gasteiger partial charge in [-0.2, -0.15) is 0 Å². The molecule has 4 rings (SSSR count). The summed E-state index contributed by atoms with van der Waals surface area (Å²) in [5, 5.41) is 12.9. The van der Waals surface area contributed by atoms with E-state index in [2.05, 4.69) is 15.5 Å². The van der Waals surface area contributed by atoms with Crippen molar-refractivity contribution in [3.8, 4) is 0 Å². The first-order valence-electron chi connectivity index (χ1n) is 6.98. The summed E-state index contributed by atoms with van der Waals surface area (Å²) in [7, 11) is 0. The molecule has 0 bridgehead atoms. The van der Waals surface area contributed by atoms with Gasteiger partial charge in [0.15, 0.2) is 0 Å². The minimum atomic E-state index is -0.341. The van der Waals surface area contributed by atoms with Crippen molar-refractivity contribution in [2.45, 2.75) is 37.0 Å². The highest BCUT2D eigenvalue weighted by Crippen LogP contribution is 2.49. The standard InChI is InChI=1S/C15H15N3OS/c19-13(15(8-9-15)11-4-2-1-3-5-11)16-14-18-17-12(20-14)10-6-7-10/h1-5,10H,6-9H2,(H,16,18,19). The Kier molecular flexibility index (Phi) is 2.63. The van der Waals surface area contributed by atoms with E-state index in [-0.39, 0.29) is 11.3 Å². The lowest BCUT2D eigenvalue weighted by atomic mass is 9.95. The molecule has 2 fully saturated rings. The van der Waals surface area contributed by atoms with Crippen LogP contribution in [-0.4, -0.2) is 16.1 Å². The Bertz CT molecular complexity index is 644. The van der Waals surface area contributed by atoms with Gasteiger partial charge in [-0.1, -0.05) is 41.7 Å². The summed E-state index contributed by atoms with van der Waals surface area (Å²) in [6.07, 6.45) is 4.24. The normalized spacial score (nSPS) is 19.6. The second kappa shape index (κ2) is 4.38. The average molecular weight is 285 g/mol. The number of hydrogen-bond donors (Lipinski definition) is 1. The third-order valence-electron chi connectivity index (χ3n) is 4.10. The third-order valence-corrected chi connectivity index (χ3v) is 5.10. The van der Waals surface area contributed by atoms with Crippen LogP contribution in [0.15, 0.2) is 30.3 Å². The Hall–Kier alpha value is -1.75. The zero-order valence-electron chi connectivity index (χ0n) is 11.0. The van der Waals surface area contributed by atoms with Gasteiger partial charge in [0, 0.05) is 5.92 Å². The zero-order chi connectivity index (χ0) is 13.6.